The molecule has 0 aliphatic heterocycles. The molecule has 0 heterocycles. The van der Waals surface area contributed by atoms with Gasteiger partial charge >= 0.3 is 11.9 Å². The lowest BCUT2D eigenvalue weighted by Crippen LogP contribution is -2.50. The zero-order valence-corrected chi connectivity index (χ0v) is 15.8. The Morgan fingerprint density at radius 2 is 1.79 bits per heavy atom. The molecule has 3 unspecified atom stereocenters. The van der Waals surface area contributed by atoms with Crippen molar-refractivity contribution in [3.63, 3.8) is 0 Å². The van der Waals surface area contributed by atoms with Crippen LogP contribution in [0.25, 0.3) is 0 Å². The fourth-order valence-electron chi connectivity index (χ4n) is 4.09. The van der Waals surface area contributed by atoms with E-state index in [1.807, 2.05) is 0 Å². The van der Waals surface area contributed by atoms with Crippen LogP contribution in [0.4, 0.5) is 0 Å². The summed E-state index contributed by atoms with van der Waals surface area (Å²) in [7, 11) is 0. The first kappa shape index (κ1) is 20.9. The highest BCUT2D eigenvalue weighted by atomic mass is 16.5. The third-order valence-corrected chi connectivity index (χ3v) is 4.50. The number of nitrogens with one attached hydrogen (secondary N) is 1. The van der Waals surface area contributed by atoms with Crippen molar-refractivity contribution in [1.29, 1.82) is 0 Å². The summed E-state index contributed by atoms with van der Waals surface area (Å²) in [5.74, 6) is -0.803. The van der Waals surface area contributed by atoms with Gasteiger partial charge in [0, 0.05) is 12.6 Å². The summed E-state index contributed by atoms with van der Waals surface area (Å²) in [6.45, 7) is 11.3. The minimum atomic E-state index is -0.679. The monoisotopic (exact) mass is 342 g/mol. The first-order valence-corrected chi connectivity index (χ1v) is 8.92. The number of hydrogen-bond donors (Lipinski definition) is 2. The van der Waals surface area contributed by atoms with Crippen LogP contribution in [-0.4, -0.2) is 43.8 Å². The standard InChI is InChI=1S/C18H34N2O4/c1-6-23-15(21)8-14(16(22)24-7-2)20-12-18(5)10-13(19)9-17(3,4)11-18/h13-14,20H,6-12,19H2,1-5H3. The van der Waals surface area contributed by atoms with Gasteiger partial charge in [-0.15, -0.1) is 0 Å². The first-order valence-electron chi connectivity index (χ1n) is 8.92. The van der Waals surface area contributed by atoms with Crippen molar-refractivity contribution in [1.82, 2.24) is 5.32 Å². The zero-order valence-electron chi connectivity index (χ0n) is 15.8. The molecule has 140 valence electrons. The maximum Gasteiger partial charge on any atom is 0.323 e. The van der Waals surface area contributed by atoms with Gasteiger partial charge in [-0.1, -0.05) is 20.8 Å². The Morgan fingerprint density at radius 1 is 1.17 bits per heavy atom. The molecule has 1 aliphatic rings. The Kier molecular flexibility index (Phi) is 7.67. The molecule has 6 heteroatoms. The topological polar surface area (TPSA) is 90.6 Å². The van der Waals surface area contributed by atoms with E-state index in [4.69, 9.17) is 15.2 Å². The van der Waals surface area contributed by atoms with Crippen molar-refractivity contribution in [3.8, 4) is 0 Å². The number of carbonyl (C=O) groups excluding carboxylic acids is 2. The van der Waals surface area contributed by atoms with Crippen LogP contribution >= 0.6 is 0 Å². The molecule has 1 rings (SSSR count). The van der Waals surface area contributed by atoms with E-state index in [9.17, 15) is 9.59 Å². The summed E-state index contributed by atoms with van der Waals surface area (Å²) >= 11 is 0. The Labute approximate surface area is 145 Å². The van der Waals surface area contributed by atoms with E-state index in [1.165, 1.54) is 0 Å². The maximum absolute atomic E-state index is 12.1. The Balaban J connectivity index is 2.71. The van der Waals surface area contributed by atoms with Gasteiger partial charge in [0.2, 0.25) is 0 Å². The molecule has 0 aromatic rings. The number of hydrogen-bond acceptors (Lipinski definition) is 6. The van der Waals surface area contributed by atoms with E-state index in [-0.39, 0.29) is 29.9 Å². The summed E-state index contributed by atoms with van der Waals surface area (Å²) in [5, 5.41) is 3.23. The summed E-state index contributed by atoms with van der Waals surface area (Å²) < 4.78 is 10.0. The minimum absolute atomic E-state index is 0.0133. The lowest BCUT2D eigenvalue weighted by atomic mass is 9.63. The van der Waals surface area contributed by atoms with Crippen molar-refractivity contribution in [2.45, 2.75) is 72.4 Å². The van der Waals surface area contributed by atoms with Gasteiger partial charge in [0.05, 0.1) is 19.6 Å². The summed E-state index contributed by atoms with van der Waals surface area (Å²) in [4.78, 5) is 23.9. The molecule has 1 saturated carbocycles. The van der Waals surface area contributed by atoms with Crippen molar-refractivity contribution in [2.24, 2.45) is 16.6 Å². The SMILES string of the molecule is CCOC(=O)CC(NCC1(C)CC(N)CC(C)(C)C1)C(=O)OCC. The predicted octanol–water partition coefficient (Wildman–Crippen LogP) is 2.00. The fraction of sp³-hybridized carbons (Fsp3) is 0.889. The minimum Gasteiger partial charge on any atom is -0.466 e. The average Bonchev–Trinajstić information content (AvgIpc) is 2.41. The quantitative estimate of drug-likeness (QED) is 0.656. The van der Waals surface area contributed by atoms with E-state index < -0.39 is 18.0 Å². The predicted molar refractivity (Wildman–Crippen MR) is 93.4 cm³/mol. The second-order valence-corrected chi connectivity index (χ2v) is 8.01. The zero-order chi connectivity index (χ0) is 18.4. The van der Waals surface area contributed by atoms with Crippen LogP contribution in [0.5, 0.6) is 0 Å². The normalized spacial score (nSPS) is 27.3. The van der Waals surface area contributed by atoms with Gasteiger partial charge in [-0.2, -0.15) is 0 Å². The first-order chi connectivity index (χ1) is 11.1. The molecule has 3 atom stereocenters. The van der Waals surface area contributed by atoms with Crippen LogP contribution < -0.4 is 11.1 Å². The van der Waals surface area contributed by atoms with Crippen molar-refractivity contribution in [2.75, 3.05) is 19.8 Å². The highest BCUT2D eigenvalue weighted by Crippen LogP contribution is 2.45. The number of carbonyl (C=O) groups is 2. The van der Waals surface area contributed by atoms with Crippen LogP contribution in [0.15, 0.2) is 0 Å². The maximum atomic E-state index is 12.1. The molecule has 0 bridgehead atoms. The second kappa shape index (κ2) is 8.81. The summed E-state index contributed by atoms with van der Waals surface area (Å²) in [6.07, 6.45) is 2.92. The highest BCUT2D eigenvalue weighted by molar-refractivity contribution is 5.82. The summed E-state index contributed by atoms with van der Waals surface area (Å²) in [5.41, 5.74) is 6.39. The van der Waals surface area contributed by atoms with Crippen LogP contribution in [0.2, 0.25) is 0 Å². The molecule has 1 fully saturated rings. The van der Waals surface area contributed by atoms with E-state index in [0.29, 0.717) is 13.2 Å². The number of rotatable bonds is 8. The fourth-order valence-corrected chi connectivity index (χ4v) is 4.09. The molecule has 0 radical (unpaired) electrons. The Hall–Kier alpha value is -1.14. The van der Waals surface area contributed by atoms with E-state index in [1.54, 1.807) is 13.8 Å². The number of esters is 2. The van der Waals surface area contributed by atoms with Crippen molar-refractivity contribution >= 4 is 11.9 Å². The summed E-state index contributed by atoms with van der Waals surface area (Å²) in [6, 6.07) is -0.520. The van der Waals surface area contributed by atoms with Gasteiger partial charge in [0.25, 0.3) is 0 Å². The van der Waals surface area contributed by atoms with Gasteiger partial charge in [0.1, 0.15) is 6.04 Å². The van der Waals surface area contributed by atoms with Crippen LogP contribution in [0.3, 0.4) is 0 Å². The average molecular weight is 342 g/mol. The highest BCUT2D eigenvalue weighted by Gasteiger charge is 2.40. The van der Waals surface area contributed by atoms with Gasteiger partial charge in [0.15, 0.2) is 0 Å². The van der Waals surface area contributed by atoms with Crippen molar-refractivity contribution < 1.29 is 19.1 Å². The molecule has 6 nitrogen and oxygen atoms in total. The molecule has 0 aromatic carbocycles. The third kappa shape index (κ3) is 6.77. The van der Waals surface area contributed by atoms with Gasteiger partial charge in [-0.05, 0) is 43.9 Å². The van der Waals surface area contributed by atoms with E-state index in [2.05, 4.69) is 26.1 Å². The van der Waals surface area contributed by atoms with Gasteiger partial charge in [-0.25, -0.2) is 0 Å². The lowest BCUT2D eigenvalue weighted by molar-refractivity contribution is -0.152. The smallest absolute Gasteiger partial charge is 0.323 e. The molecule has 3 N–H and O–H groups in total. The van der Waals surface area contributed by atoms with E-state index >= 15 is 0 Å². The Morgan fingerprint density at radius 3 is 2.33 bits per heavy atom. The largest absolute Gasteiger partial charge is 0.466 e. The molecule has 24 heavy (non-hydrogen) atoms. The molecule has 0 aromatic heterocycles. The van der Waals surface area contributed by atoms with E-state index in [0.717, 1.165) is 19.3 Å². The molecule has 0 amide bonds. The second-order valence-electron chi connectivity index (χ2n) is 8.01. The number of ether oxygens (including phenoxy) is 2. The van der Waals surface area contributed by atoms with Crippen molar-refractivity contribution in [3.05, 3.63) is 0 Å². The molecular weight excluding hydrogens is 308 g/mol. The number of nitrogens with two attached hydrogens (primary N) is 1. The third-order valence-electron chi connectivity index (χ3n) is 4.50. The molecular formula is C18H34N2O4. The van der Waals surface area contributed by atoms with Gasteiger partial charge in [-0.3, -0.25) is 9.59 Å². The van der Waals surface area contributed by atoms with Crippen LogP contribution in [0, 0.1) is 10.8 Å². The molecule has 0 saturated heterocycles. The molecule has 0 spiro atoms. The van der Waals surface area contributed by atoms with Crippen LogP contribution in [0.1, 0.15) is 60.3 Å². The lowest BCUT2D eigenvalue weighted by Gasteiger charge is -2.46. The molecule has 1 aliphatic carbocycles. The van der Waals surface area contributed by atoms with Crippen LogP contribution in [-0.2, 0) is 19.1 Å². The van der Waals surface area contributed by atoms with Gasteiger partial charge < -0.3 is 20.5 Å². The Bertz CT molecular complexity index is 439.